The minimum Gasteiger partial charge on any atom is -0.332 e. The molecule has 22 heavy (non-hydrogen) atoms. The van der Waals surface area contributed by atoms with E-state index < -0.39 is 0 Å². The van der Waals surface area contributed by atoms with E-state index >= 15 is 0 Å². The summed E-state index contributed by atoms with van der Waals surface area (Å²) >= 11 is 1.36. The third kappa shape index (κ3) is 3.18. The number of hydrogen-bond acceptors (Lipinski definition) is 3. The molecule has 1 aromatic carbocycles. The fourth-order valence-electron chi connectivity index (χ4n) is 2.70. The molecule has 2 N–H and O–H groups in total. The molecule has 0 aromatic heterocycles. The zero-order chi connectivity index (χ0) is 15.5. The van der Waals surface area contributed by atoms with Gasteiger partial charge in [0.1, 0.15) is 0 Å². The number of hydrogen-bond donors (Lipinski definition) is 2. The number of nitrogens with zero attached hydrogens (tertiary/aromatic N) is 1. The second kappa shape index (κ2) is 6.54. The van der Waals surface area contributed by atoms with Gasteiger partial charge in [0.05, 0.1) is 43.3 Å². The van der Waals surface area contributed by atoms with Crippen LogP contribution in [0.3, 0.4) is 0 Å². The van der Waals surface area contributed by atoms with Crippen molar-refractivity contribution in [3.63, 3.8) is 0 Å². The number of carbonyl (C=O) groups excluding carboxylic acids is 2. The van der Waals surface area contributed by atoms with E-state index in [4.69, 9.17) is 0 Å². The standard InChI is InChI=1S/C16H19N3O2S/c1-2-18-7-9-19(10-8-18)15(20)11-14-16(21)17-12-5-3-4-6-13(12)22-14/h3-6,11H,2,7-10H2,1H3,(H,17,21)/p+1. The van der Waals surface area contributed by atoms with Gasteiger partial charge in [0.25, 0.3) is 5.91 Å². The predicted octanol–water partition coefficient (Wildman–Crippen LogP) is 0.362. The SMILES string of the molecule is CC[NH+]1CCN(C(=O)C=C2Sc3ccccc3NC2=O)CC1. The molecule has 2 amide bonds. The van der Waals surface area contributed by atoms with Crippen molar-refractivity contribution in [1.82, 2.24) is 4.90 Å². The summed E-state index contributed by atoms with van der Waals surface area (Å²) in [6.07, 6.45) is 1.48. The summed E-state index contributed by atoms with van der Waals surface area (Å²) in [6, 6.07) is 7.62. The average molecular weight is 318 g/mol. The van der Waals surface area contributed by atoms with Gasteiger partial charge in [-0.3, -0.25) is 9.59 Å². The lowest BCUT2D eigenvalue weighted by atomic mass is 10.3. The van der Waals surface area contributed by atoms with Crippen LogP contribution in [0, 0.1) is 0 Å². The van der Waals surface area contributed by atoms with Crippen molar-refractivity contribution in [3.8, 4) is 0 Å². The minimum absolute atomic E-state index is 0.0628. The van der Waals surface area contributed by atoms with Gasteiger partial charge in [-0.25, -0.2) is 0 Å². The van der Waals surface area contributed by atoms with Crippen molar-refractivity contribution in [2.45, 2.75) is 11.8 Å². The Hall–Kier alpha value is -1.79. The number of para-hydroxylation sites is 1. The molecule has 0 radical (unpaired) electrons. The third-order valence-electron chi connectivity index (χ3n) is 4.12. The van der Waals surface area contributed by atoms with Gasteiger partial charge in [0.2, 0.25) is 5.91 Å². The van der Waals surface area contributed by atoms with Crippen molar-refractivity contribution in [2.75, 3.05) is 38.0 Å². The largest absolute Gasteiger partial charge is 0.332 e. The second-order valence-corrected chi connectivity index (χ2v) is 6.57. The Labute approximate surface area is 134 Å². The van der Waals surface area contributed by atoms with Gasteiger partial charge in [-0.05, 0) is 19.1 Å². The Morgan fingerprint density at radius 3 is 2.82 bits per heavy atom. The van der Waals surface area contributed by atoms with E-state index in [1.54, 1.807) is 0 Å². The van der Waals surface area contributed by atoms with E-state index in [2.05, 4.69) is 12.2 Å². The van der Waals surface area contributed by atoms with Gasteiger partial charge >= 0.3 is 0 Å². The molecule has 6 heteroatoms. The Bertz CT molecular complexity index is 622. The van der Waals surface area contributed by atoms with Crippen molar-refractivity contribution >= 4 is 29.3 Å². The molecule has 0 bridgehead atoms. The summed E-state index contributed by atoms with van der Waals surface area (Å²) in [5.41, 5.74) is 0.808. The number of piperazine rings is 1. The van der Waals surface area contributed by atoms with E-state index in [-0.39, 0.29) is 11.8 Å². The highest BCUT2D eigenvalue weighted by molar-refractivity contribution is 8.04. The Kier molecular flexibility index (Phi) is 4.49. The first-order valence-electron chi connectivity index (χ1n) is 7.60. The number of carbonyl (C=O) groups is 2. The summed E-state index contributed by atoms with van der Waals surface area (Å²) in [7, 11) is 0. The van der Waals surface area contributed by atoms with Crippen LogP contribution in [0.25, 0.3) is 0 Å². The van der Waals surface area contributed by atoms with Gasteiger partial charge in [0.15, 0.2) is 0 Å². The molecule has 1 saturated heterocycles. The molecule has 116 valence electrons. The fraction of sp³-hybridized carbons (Fsp3) is 0.375. The van der Waals surface area contributed by atoms with Crippen molar-refractivity contribution in [3.05, 3.63) is 35.2 Å². The second-order valence-electron chi connectivity index (χ2n) is 5.49. The highest BCUT2D eigenvalue weighted by atomic mass is 32.2. The lowest BCUT2D eigenvalue weighted by molar-refractivity contribution is -0.902. The number of nitrogens with one attached hydrogen (secondary N) is 2. The van der Waals surface area contributed by atoms with E-state index in [1.807, 2.05) is 29.2 Å². The molecule has 1 fully saturated rings. The monoisotopic (exact) mass is 318 g/mol. The Morgan fingerprint density at radius 1 is 1.36 bits per heavy atom. The topological polar surface area (TPSA) is 53.9 Å². The summed E-state index contributed by atoms with van der Waals surface area (Å²) in [5.74, 6) is -0.262. The molecule has 3 rings (SSSR count). The first kappa shape index (κ1) is 15.1. The number of quaternary nitrogens is 1. The average Bonchev–Trinajstić information content (AvgIpc) is 2.55. The number of rotatable bonds is 2. The first-order chi connectivity index (χ1) is 10.7. The lowest BCUT2D eigenvalue weighted by Gasteiger charge is -2.31. The maximum atomic E-state index is 12.4. The number of thioether (sulfide) groups is 1. The fourth-order valence-corrected chi connectivity index (χ4v) is 3.62. The summed E-state index contributed by atoms with van der Waals surface area (Å²) < 4.78 is 0. The van der Waals surface area contributed by atoms with E-state index in [0.29, 0.717) is 4.91 Å². The van der Waals surface area contributed by atoms with E-state index in [0.717, 1.165) is 43.3 Å². The van der Waals surface area contributed by atoms with Crippen molar-refractivity contribution in [2.24, 2.45) is 0 Å². The maximum Gasteiger partial charge on any atom is 0.262 e. The zero-order valence-electron chi connectivity index (χ0n) is 12.6. The molecule has 0 spiro atoms. The van der Waals surface area contributed by atoms with Gasteiger partial charge < -0.3 is 15.1 Å². The number of likely N-dealkylation sites (N-methyl/N-ethyl adjacent to an activating group) is 1. The molecule has 0 saturated carbocycles. The smallest absolute Gasteiger partial charge is 0.262 e. The van der Waals surface area contributed by atoms with Crippen LogP contribution in [-0.2, 0) is 9.59 Å². The molecule has 0 atom stereocenters. The van der Waals surface area contributed by atoms with Gasteiger partial charge in [-0.1, -0.05) is 23.9 Å². The molecule has 1 aromatic rings. The quantitative estimate of drug-likeness (QED) is 0.774. The van der Waals surface area contributed by atoms with Crippen LogP contribution >= 0.6 is 11.8 Å². The molecule has 2 heterocycles. The molecular formula is C16H20N3O2S+. The van der Waals surface area contributed by atoms with E-state index in [9.17, 15) is 9.59 Å². The lowest BCUT2D eigenvalue weighted by Crippen LogP contribution is -3.14. The van der Waals surface area contributed by atoms with Crippen LogP contribution in [0.1, 0.15) is 6.92 Å². The van der Waals surface area contributed by atoms with Gasteiger partial charge in [-0.2, -0.15) is 0 Å². The zero-order valence-corrected chi connectivity index (χ0v) is 13.4. The first-order valence-corrected chi connectivity index (χ1v) is 8.41. The van der Waals surface area contributed by atoms with Crippen LogP contribution in [0.4, 0.5) is 5.69 Å². The molecule has 2 aliphatic heterocycles. The minimum atomic E-state index is -0.199. The summed E-state index contributed by atoms with van der Waals surface area (Å²) in [5, 5.41) is 2.83. The van der Waals surface area contributed by atoms with Crippen LogP contribution in [-0.4, -0.2) is 49.4 Å². The normalized spacial score (nSPS) is 20.7. The van der Waals surface area contributed by atoms with E-state index in [1.165, 1.54) is 22.7 Å². The number of benzene rings is 1. The van der Waals surface area contributed by atoms with Gasteiger partial charge in [0, 0.05) is 11.0 Å². The predicted molar refractivity (Wildman–Crippen MR) is 86.8 cm³/mol. The Balaban J connectivity index is 1.70. The van der Waals surface area contributed by atoms with Crippen molar-refractivity contribution in [1.29, 1.82) is 0 Å². The molecule has 0 unspecified atom stereocenters. The summed E-state index contributed by atoms with van der Waals surface area (Å²) in [4.78, 5) is 29.3. The summed E-state index contributed by atoms with van der Waals surface area (Å²) in [6.45, 7) is 6.73. The van der Waals surface area contributed by atoms with Crippen LogP contribution in [0.5, 0.6) is 0 Å². The number of fused-ring (bicyclic) bond motifs is 1. The highest BCUT2D eigenvalue weighted by Gasteiger charge is 2.25. The molecule has 2 aliphatic rings. The molecular weight excluding hydrogens is 298 g/mol. The van der Waals surface area contributed by atoms with Crippen LogP contribution < -0.4 is 10.2 Å². The maximum absolute atomic E-state index is 12.4. The Morgan fingerprint density at radius 2 is 2.09 bits per heavy atom. The number of amides is 2. The molecule has 0 aliphatic carbocycles. The van der Waals surface area contributed by atoms with Gasteiger partial charge in [-0.15, -0.1) is 0 Å². The number of anilines is 1. The third-order valence-corrected chi connectivity index (χ3v) is 5.21. The van der Waals surface area contributed by atoms with Crippen LogP contribution in [0.15, 0.2) is 40.1 Å². The van der Waals surface area contributed by atoms with Crippen molar-refractivity contribution < 1.29 is 14.5 Å². The van der Waals surface area contributed by atoms with Crippen LogP contribution in [0.2, 0.25) is 0 Å². The highest BCUT2D eigenvalue weighted by Crippen LogP contribution is 2.37. The molecule has 5 nitrogen and oxygen atoms in total.